The lowest BCUT2D eigenvalue weighted by Crippen LogP contribution is -2.21. The molecular weight excluding hydrogens is 392 g/mol. The van der Waals surface area contributed by atoms with Crippen molar-refractivity contribution in [3.8, 4) is 0 Å². The first kappa shape index (κ1) is 16.5. The smallest absolute Gasteiger partial charge is 0.163 e. The third kappa shape index (κ3) is 2.53. The van der Waals surface area contributed by atoms with Crippen LogP contribution in [0.15, 0.2) is 42.5 Å². The number of aromatic amines is 6. The van der Waals surface area contributed by atoms with E-state index in [9.17, 15) is 4.79 Å². The molecular formula is C22H18N8O. The number of hydrogen-bond donors (Lipinski definition) is 6. The Morgan fingerprint density at radius 1 is 0.710 bits per heavy atom. The zero-order chi connectivity index (χ0) is 20.5. The van der Waals surface area contributed by atoms with E-state index in [1.807, 2.05) is 42.5 Å². The Morgan fingerprint density at radius 3 is 1.94 bits per heavy atom. The van der Waals surface area contributed by atoms with Crippen LogP contribution in [0.25, 0.3) is 50.8 Å². The van der Waals surface area contributed by atoms with Crippen molar-refractivity contribution in [3.05, 3.63) is 53.6 Å². The minimum atomic E-state index is 0.131. The minimum Gasteiger partial charge on any atom is -0.328 e. The zero-order valence-corrected chi connectivity index (χ0v) is 16.3. The molecule has 1 unspecified atom stereocenters. The minimum absolute atomic E-state index is 0.131. The van der Waals surface area contributed by atoms with Gasteiger partial charge in [0.05, 0.1) is 0 Å². The Morgan fingerprint density at radius 2 is 1.29 bits per heavy atom. The largest absolute Gasteiger partial charge is 0.328 e. The number of carbonyl (C=O) groups excluding carboxylic acids is 1. The van der Waals surface area contributed by atoms with Gasteiger partial charge in [0.15, 0.2) is 5.78 Å². The van der Waals surface area contributed by atoms with Gasteiger partial charge in [-0.15, -0.1) is 0 Å². The molecule has 3 aliphatic rings. The summed E-state index contributed by atoms with van der Waals surface area (Å²) in [6.07, 6.45) is 3.43. The van der Waals surface area contributed by atoms with Crippen LogP contribution in [-0.4, -0.2) is 45.7 Å². The molecule has 152 valence electrons. The van der Waals surface area contributed by atoms with Gasteiger partial charge in [-0.2, -0.15) is 0 Å². The average molecular weight is 410 g/mol. The van der Waals surface area contributed by atoms with Crippen LogP contribution in [-0.2, 0) is 4.79 Å². The molecule has 0 amide bonds. The number of allylic oxidation sites excluding steroid dienone is 2. The summed E-state index contributed by atoms with van der Waals surface area (Å²) in [6, 6.07) is 11.6. The van der Waals surface area contributed by atoms with E-state index in [2.05, 4.69) is 29.9 Å². The van der Waals surface area contributed by atoms with Crippen LogP contribution in [0.3, 0.4) is 0 Å². The molecule has 0 saturated heterocycles. The number of Topliss-reactive ketones (excluding diaryl/α,β-unsaturated/α-hetero) is 1. The van der Waals surface area contributed by atoms with E-state index in [0.717, 1.165) is 57.0 Å². The van der Waals surface area contributed by atoms with Crippen molar-refractivity contribution in [2.75, 3.05) is 0 Å². The van der Waals surface area contributed by atoms with Crippen LogP contribution in [0.2, 0.25) is 0 Å². The van der Waals surface area contributed by atoms with Gasteiger partial charge in [0, 0.05) is 23.1 Å². The maximum atomic E-state index is 12.6. The van der Waals surface area contributed by atoms with E-state index < -0.39 is 0 Å². The van der Waals surface area contributed by atoms with E-state index in [1.54, 1.807) is 0 Å². The van der Waals surface area contributed by atoms with Crippen molar-refractivity contribution < 1.29 is 4.79 Å². The van der Waals surface area contributed by atoms with Crippen LogP contribution in [0.4, 0.5) is 0 Å². The third-order valence-electron chi connectivity index (χ3n) is 6.04. The highest BCUT2D eigenvalue weighted by Crippen LogP contribution is 2.46. The van der Waals surface area contributed by atoms with Crippen molar-refractivity contribution in [3.63, 3.8) is 0 Å². The van der Waals surface area contributed by atoms with Crippen molar-refractivity contribution in [2.45, 2.75) is 18.8 Å². The summed E-state index contributed by atoms with van der Waals surface area (Å²) in [6.45, 7) is 0. The van der Waals surface area contributed by atoms with Gasteiger partial charge < -0.3 is 29.9 Å². The van der Waals surface area contributed by atoms with Crippen LogP contribution < -0.4 is 0 Å². The predicted molar refractivity (Wildman–Crippen MR) is 118 cm³/mol. The highest BCUT2D eigenvalue weighted by Gasteiger charge is 2.37. The predicted octanol–water partition coefficient (Wildman–Crippen LogP) is 4.15. The number of carbonyl (C=O) groups is 1. The molecule has 6 N–H and O–H groups in total. The monoisotopic (exact) mass is 410 g/mol. The molecule has 31 heavy (non-hydrogen) atoms. The van der Waals surface area contributed by atoms with Gasteiger partial charge in [-0.1, -0.05) is 6.08 Å². The van der Waals surface area contributed by atoms with Crippen LogP contribution in [0.1, 0.15) is 29.9 Å². The number of rotatable bonds is 0. The first-order valence-electron chi connectivity index (χ1n) is 10.2. The Labute approximate surface area is 174 Å². The highest BCUT2D eigenvalue weighted by molar-refractivity contribution is 6.26. The first-order valence-corrected chi connectivity index (χ1v) is 10.2. The van der Waals surface area contributed by atoms with Gasteiger partial charge in [0.1, 0.15) is 45.2 Å². The van der Waals surface area contributed by atoms with Gasteiger partial charge in [0.25, 0.3) is 0 Å². The molecule has 0 spiro atoms. The summed E-state index contributed by atoms with van der Waals surface area (Å²) >= 11 is 0. The molecule has 0 fully saturated rings. The highest BCUT2D eigenvalue weighted by atomic mass is 16.1. The number of aromatic nitrogens is 8. The lowest BCUT2D eigenvalue weighted by Gasteiger charge is -2.27. The van der Waals surface area contributed by atoms with Gasteiger partial charge >= 0.3 is 0 Å². The van der Waals surface area contributed by atoms with Gasteiger partial charge in [-0.25, -0.2) is 9.97 Å². The number of nitrogens with one attached hydrogen (secondary N) is 6. The fraction of sp³-hybridized carbons (Fsp3) is 0.136. The van der Waals surface area contributed by atoms with Crippen LogP contribution in [0.5, 0.6) is 0 Å². The standard InChI is InChI=1S/C22H18N8O/c31-12-9-10-1-2-11(12)20-19(10)21-28-17-7-5-15(26-17)24-13-3-4-14(23-13)25-16-6-8-18(27-16)29-22(20)30-21/h2-8,10,23-27H,1,9H2,(H,28,29,30). The fourth-order valence-corrected chi connectivity index (χ4v) is 4.70. The van der Waals surface area contributed by atoms with Gasteiger partial charge in [-0.3, -0.25) is 4.79 Å². The molecule has 5 heterocycles. The van der Waals surface area contributed by atoms with Crippen molar-refractivity contribution in [2.24, 2.45) is 0 Å². The molecule has 1 atom stereocenters. The summed E-state index contributed by atoms with van der Waals surface area (Å²) in [5.74, 6) is 0.311. The second-order valence-electron chi connectivity index (χ2n) is 8.06. The summed E-state index contributed by atoms with van der Waals surface area (Å²) in [5, 5.41) is 0. The molecule has 9 heteroatoms. The maximum absolute atomic E-state index is 12.6. The number of ketones is 1. The molecule has 0 radical (unpaired) electrons. The first-order chi connectivity index (χ1) is 15.2. The molecule has 0 aromatic carbocycles. The second kappa shape index (κ2) is 5.88. The molecule has 5 aromatic rings. The van der Waals surface area contributed by atoms with E-state index in [0.29, 0.717) is 17.7 Å². The molecule has 0 saturated carbocycles. The van der Waals surface area contributed by atoms with Crippen LogP contribution in [0, 0.1) is 0 Å². The number of fused-ring (bicyclic) bond motifs is 10. The SMILES string of the molecule is O=C1CC2CC=C1c1c2c2nc3ccc([nH]3)[nH]c3ccc([nH]c4ccc(nc1[nH]2)[nH]4)[nH]3. The quantitative estimate of drug-likeness (QED) is 0.229. The lowest BCUT2D eigenvalue weighted by atomic mass is 9.74. The number of hydrogen-bond acceptors (Lipinski definition) is 3. The molecule has 10 bridgehead atoms. The maximum Gasteiger partial charge on any atom is 0.163 e. The molecule has 8 rings (SSSR count). The molecule has 5 aromatic heterocycles. The van der Waals surface area contributed by atoms with Crippen molar-refractivity contribution in [1.82, 2.24) is 39.9 Å². The molecule has 9 nitrogen and oxygen atoms in total. The van der Waals surface area contributed by atoms with Crippen molar-refractivity contribution in [1.29, 1.82) is 0 Å². The lowest BCUT2D eigenvalue weighted by molar-refractivity contribution is -0.114. The van der Waals surface area contributed by atoms with E-state index in [-0.39, 0.29) is 11.7 Å². The van der Waals surface area contributed by atoms with E-state index in [1.165, 1.54) is 0 Å². The van der Waals surface area contributed by atoms with Gasteiger partial charge in [-0.05, 0) is 48.7 Å². The Balaban J connectivity index is 1.64. The Hall–Kier alpha value is -4.27. The van der Waals surface area contributed by atoms with Crippen LogP contribution >= 0.6 is 0 Å². The second-order valence-corrected chi connectivity index (χ2v) is 8.06. The van der Waals surface area contributed by atoms with E-state index in [4.69, 9.17) is 9.97 Å². The number of nitrogens with zero attached hydrogens (tertiary/aromatic N) is 2. The molecule has 3 aliphatic carbocycles. The Kier molecular flexibility index (Phi) is 3.13. The van der Waals surface area contributed by atoms with Crippen molar-refractivity contribution >= 4 is 56.5 Å². The third-order valence-corrected chi connectivity index (χ3v) is 6.04. The summed E-state index contributed by atoms with van der Waals surface area (Å²) < 4.78 is 0. The summed E-state index contributed by atoms with van der Waals surface area (Å²) in [7, 11) is 0. The number of H-pyrrole nitrogens is 6. The zero-order valence-electron chi connectivity index (χ0n) is 16.3. The van der Waals surface area contributed by atoms with E-state index >= 15 is 0 Å². The fourth-order valence-electron chi connectivity index (χ4n) is 4.70. The topological polar surface area (TPSA) is 138 Å². The average Bonchev–Trinajstić information content (AvgIpc) is 3.53. The van der Waals surface area contributed by atoms with Gasteiger partial charge in [0.2, 0.25) is 0 Å². The normalized spacial score (nSPS) is 17.4. The summed E-state index contributed by atoms with van der Waals surface area (Å²) in [4.78, 5) is 42.1. The Bertz CT molecular complexity index is 1680. The molecule has 0 aliphatic heterocycles. The summed E-state index contributed by atoms with van der Waals surface area (Å²) in [5.41, 5.74) is 8.87.